The SMILES string of the molecule is COc1ccc(C(=O)NC(=NCCc2c[nH]c3cc(OC)ccc23)Nc2nc(C)cc(C)n2)cc1. The maximum Gasteiger partial charge on any atom is 0.257 e. The molecule has 0 radical (unpaired) electrons. The molecule has 180 valence electrons. The lowest BCUT2D eigenvalue weighted by atomic mass is 10.1. The Balaban J connectivity index is 1.53. The zero-order chi connectivity index (χ0) is 24.8. The lowest BCUT2D eigenvalue weighted by molar-refractivity contribution is 0.0977. The molecule has 0 fully saturated rings. The van der Waals surface area contributed by atoms with Crippen molar-refractivity contribution in [3.8, 4) is 11.5 Å². The van der Waals surface area contributed by atoms with Gasteiger partial charge in [0.05, 0.1) is 14.2 Å². The molecule has 0 atom stereocenters. The number of methoxy groups -OCH3 is 2. The van der Waals surface area contributed by atoms with Gasteiger partial charge < -0.3 is 14.5 Å². The van der Waals surface area contributed by atoms with E-state index in [1.54, 1.807) is 38.5 Å². The zero-order valence-electron chi connectivity index (χ0n) is 20.2. The van der Waals surface area contributed by atoms with Gasteiger partial charge in [-0.2, -0.15) is 0 Å². The van der Waals surface area contributed by atoms with Crippen molar-refractivity contribution in [2.24, 2.45) is 4.99 Å². The van der Waals surface area contributed by atoms with Crippen LogP contribution in [-0.2, 0) is 6.42 Å². The number of amides is 1. The predicted molar refractivity (Wildman–Crippen MR) is 136 cm³/mol. The summed E-state index contributed by atoms with van der Waals surface area (Å²) in [5.41, 5.74) is 4.23. The number of carbonyl (C=O) groups excluding carboxylic acids is 1. The van der Waals surface area contributed by atoms with E-state index in [9.17, 15) is 4.79 Å². The molecule has 0 saturated heterocycles. The summed E-state index contributed by atoms with van der Waals surface area (Å²) in [6.45, 7) is 4.21. The molecule has 0 aliphatic rings. The molecule has 3 N–H and O–H groups in total. The van der Waals surface area contributed by atoms with Gasteiger partial charge in [-0.25, -0.2) is 9.97 Å². The maximum atomic E-state index is 12.9. The van der Waals surface area contributed by atoms with Gasteiger partial charge in [-0.3, -0.25) is 20.4 Å². The molecule has 35 heavy (non-hydrogen) atoms. The number of H-pyrrole nitrogens is 1. The lowest BCUT2D eigenvalue weighted by Crippen LogP contribution is -2.37. The number of nitrogens with one attached hydrogen (secondary N) is 3. The number of aromatic nitrogens is 3. The molecule has 0 unspecified atom stereocenters. The van der Waals surface area contributed by atoms with Crippen LogP contribution in [0.1, 0.15) is 27.3 Å². The minimum Gasteiger partial charge on any atom is -0.497 e. The first kappa shape index (κ1) is 23.7. The average molecular weight is 473 g/mol. The second kappa shape index (κ2) is 10.7. The Hall–Kier alpha value is -4.40. The normalized spacial score (nSPS) is 11.4. The van der Waals surface area contributed by atoms with Crippen molar-refractivity contribution in [1.82, 2.24) is 20.3 Å². The summed E-state index contributed by atoms with van der Waals surface area (Å²) in [6.07, 6.45) is 2.64. The molecule has 0 saturated carbocycles. The Morgan fingerprint density at radius 2 is 1.66 bits per heavy atom. The zero-order valence-corrected chi connectivity index (χ0v) is 20.2. The Labute approximate surface area is 203 Å². The lowest BCUT2D eigenvalue weighted by Gasteiger charge is -2.12. The Bertz CT molecular complexity index is 1340. The van der Waals surface area contributed by atoms with Gasteiger partial charge in [0.1, 0.15) is 11.5 Å². The highest BCUT2D eigenvalue weighted by molar-refractivity contribution is 6.09. The van der Waals surface area contributed by atoms with E-state index in [4.69, 9.17) is 9.47 Å². The van der Waals surface area contributed by atoms with Gasteiger partial charge in [0.2, 0.25) is 11.9 Å². The van der Waals surface area contributed by atoms with Crippen LogP contribution in [0.4, 0.5) is 5.95 Å². The van der Waals surface area contributed by atoms with Gasteiger partial charge in [0, 0.05) is 46.7 Å². The summed E-state index contributed by atoms with van der Waals surface area (Å²) in [6, 6.07) is 14.7. The molecule has 2 aromatic heterocycles. The molecule has 0 bridgehead atoms. The third-order valence-corrected chi connectivity index (χ3v) is 5.42. The van der Waals surface area contributed by atoms with Crippen LogP contribution >= 0.6 is 0 Å². The quantitative estimate of drug-likeness (QED) is 0.276. The van der Waals surface area contributed by atoms with Crippen molar-refractivity contribution in [2.75, 3.05) is 26.1 Å². The van der Waals surface area contributed by atoms with Crippen molar-refractivity contribution in [3.63, 3.8) is 0 Å². The fraction of sp³-hybridized carbons (Fsp3) is 0.231. The number of benzene rings is 2. The van der Waals surface area contributed by atoms with Gasteiger partial charge in [0.15, 0.2) is 0 Å². The van der Waals surface area contributed by atoms with Crippen LogP contribution < -0.4 is 20.1 Å². The fourth-order valence-electron chi connectivity index (χ4n) is 3.71. The number of anilines is 1. The standard InChI is InChI=1S/C26H28N6O3/c1-16-13-17(2)30-26(29-16)32-25(31-24(33)18-5-7-20(34-3)8-6-18)27-12-11-19-15-28-23-14-21(35-4)9-10-22(19)23/h5-10,13-15,28H,11-12H2,1-4H3,(H2,27,29,30,31,32,33). The molecular formula is C26H28N6O3. The van der Waals surface area contributed by atoms with Crippen LogP contribution in [0.5, 0.6) is 11.5 Å². The van der Waals surface area contributed by atoms with E-state index in [2.05, 4.69) is 30.6 Å². The average Bonchev–Trinajstić information content (AvgIpc) is 3.25. The van der Waals surface area contributed by atoms with Gasteiger partial charge in [0.25, 0.3) is 5.91 Å². The monoisotopic (exact) mass is 472 g/mol. The Kier molecular flexibility index (Phi) is 7.25. The highest BCUT2D eigenvalue weighted by Gasteiger charge is 2.12. The number of fused-ring (bicyclic) bond motifs is 1. The van der Waals surface area contributed by atoms with Crippen LogP contribution in [0.15, 0.2) is 59.7 Å². The van der Waals surface area contributed by atoms with Crippen molar-refractivity contribution in [2.45, 2.75) is 20.3 Å². The van der Waals surface area contributed by atoms with E-state index in [1.807, 2.05) is 44.3 Å². The summed E-state index contributed by atoms with van der Waals surface area (Å²) in [4.78, 5) is 29.6. The number of aryl methyl sites for hydroxylation is 2. The molecular weight excluding hydrogens is 444 g/mol. The van der Waals surface area contributed by atoms with Crippen LogP contribution in [-0.4, -0.2) is 47.6 Å². The first-order valence-electron chi connectivity index (χ1n) is 11.2. The molecule has 0 aliphatic heterocycles. The van der Waals surface area contributed by atoms with Crippen LogP contribution in [0.2, 0.25) is 0 Å². The van der Waals surface area contributed by atoms with Crippen LogP contribution in [0, 0.1) is 13.8 Å². The van der Waals surface area contributed by atoms with Crippen LogP contribution in [0.25, 0.3) is 10.9 Å². The molecule has 4 aromatic rings. The molecule has 0 aliphatic carbocycles. The Morgan fingerprint density at radius 3 is 2.34 bits per heavy atom. The Morgan fingerprint density at radius 1 is 0.971 bits per heavy atom. The van der Waals surface area contributed by atoms with Crippen molar-refractivity contribution < 1.29 is 14.3 Å². The molecule has 4 rings (SSSR count). The summed E-state index contributed by atoms with van der Waals surface area (Å²) >= 11 is 0. The summed E-state index contributed by atoms with van der Waals surface area (Å²) in [5, 5.41) is 7.02. The largest absolute Gasteiger partial charge is 0.497 e. The maximum absolute atomic E-state index is 12.9. The number of rotatable bonds is 7. The molecule has 9 heteroatoms. The number of hydrogen-bond donors (Lipinski definition) is 3. The van der Waals surface area contributed by atoms with Crippen LogP contribution in [0.3, 0.4) is 0 Å². The van der Waals surface area contributed by atoms with E-state index in [1.165, 1.54) is 0 Å². The number of guanidine groups is 1. The number of carbonyl (C=O) groups is 1. The highest BCUT2D eigenvalue weighted by Crippen LogP contribution is 2.23. The van der Waals surface area contributed by atoms with Crippen molar-refractivity contribution >= 4 is 28.7 Å². The van der Waals surface area contributed by atoms with Gasteiger partial charge in [-0.05, 0) is 68.3 Å². The van der Waals surface area contributed by atoms with E-state index >= 15 is 0 Å². The summed E-state index contributed by atoms with van der Waals surface area (Å²) in [7, 11) is 3.23. The predicted octanol–water partition coefficient (Wildman–Crippen LogP) is 4.03. The first-order chi connectivity index (χ1) is 16.9. The summed E-state index contributed by atoms with van der Waals surface area (Å²) in [5.74, 6) is 1.81. The van der Waals surface area contributed by atoms with Gasteiger partial charge in [-0.1, -0.05) is 0 Å². The molecule has 0 spiro atoms. The van der Waals surface area contributed by atoms with Crippen molar-refractivity contribution in [3.05, 3.63) is 77.2 Å². The van der Waals surface area contributed by atoms with E-state index < -0.39 is 0 Å². The number of ether oxygens (including phenoxy) is 2. The van der Waals surface area contributed by atoms with Crippen molar-refractivity contribution in [1.29, 1.82) is 0 Å². The molecule has 1 amide bonds. The van der Waals surface area contributed by atoms with Gasteiger partial charge >= 0.3 is 0 Å². The highest BCUT2D eigenvalue weighted by atomic mass is 16.5. The molecule has 9 nitrogen and oxygen atoms in total. The number of aliphatic imine (C=N–C) groups is 1. The second-order valence-corrected chi connectivity index (χ2v) is 7.99. The topological polar surface area (TPSA) is 114 Å². The third-order valence-electron chi connectivity index (χ3n) is 5.42. The molecule has 2 aromatic carbocycles. The van der Waals surface area contributed by atoms with E-state index in [-0.39, 0.29) is 11.9 Å². The fourth-order valence-corrected chi connectivity index (χ4v) is 3.71. The van der Waals surface area contributed by atoms with E-state index in [0.29, 0.717) is 30.2 Å². The summed E-state index contributed by atoms with van der Waals surface area (Å²) < 4.78 is 10.5. The number of nitrogens with zero attached hydrogens (tertiary/aromatic N) is 3. The van der Waals surface area contributed by atoms with Gasteiger partial charge in [-0.15, -0.1) is 0 Å². The minimum absolute atomic E-state index is 0.275. The van der Waals surface area contributed by atoms with E-state index in [0.717, 1.165) is 33.6 Å². The first-order valence-corrected chi connectivity index (χ1v) is 11.2. The third kappa shape index (κ3) is 5.94. The minimum atomic E-state index is -0.303. The smallest absolute Gasteiger partial charge is 0.257 e. The number of hydrogen-bond acceptors (Lipinski definition) is 6. The molecule has 2 heterocycles. The number of aromatic amines is 1. The second-order valence-electron chi connectivity index (χ2n) is 7.99.